The SMILES string of the molecule is N#CC(NCCC(=O)O)c1ccccc1. The van der Waals surface area contributed by atoms with Crippen molar-refractivity contribution in [3.05, 3.63) is 35.9 Å². The second kappa shape index (κ2) is 5.78. The van der Waals surface area contributed by atoms with Gasteiger partial charge in [-0.3, -0.25) is 10.1 Å². The first-order chi connectivity index (χ1) is 7.24. The zero-order valence-electron chi connectivity index (χ0n) is 8.18. The molecule has 0 fully saturated rings. The van der Waals surface area contributed by atoms with Crippen molar-refractivity contribution in [1.82, 2.24) is 5.32 Å². The molecule has 2 N–H and O–H groups in total. The molecular formula is C11H12N2O2. The van der Waals surface area contributed by atoms with Crippen molar-refractivity contribution in [2.75, 3.05) is 6.54 Å². The fourth-order valence-electron chi connectivity index (χ4n) is 1.21. The molecule has 1 unspecified atom stereocenters. The van der Waals surface area contributed by atoms with Gasteiger partial charge in [-0.05, 0) is 5.56 Å². The number of rotatable bonds is 5. The van der Waals surface area contributed by atoms with Crippen molar-refractivity contribution >= 4 is 5.97 Å². The van der Waals surface area contributed by atoms with Gasteiger partial charge in [-0.2, -0.15) is 5.26 Å². The molecule has 1 atom stereocenters. The Morgan fingerprint density at radius 1 is 1.47 bits per heavy atom. The Labute approximate surface area is 88.2 Å². The number of carboxylic acids is 1. The number of nitriles is 1. The number of carbonyl (C=O) groups is 1. The van der Waals surface area contributed by atoms with E-state index in [9.17, 15) is 4.79 Å². The first-order valence-electron chi connectivity index (χ1n) is 4.64. The fraction of sp³-hybridized carbons (Fsp3) is 0.273. The monoisotopic (exact) mass is 204 g/mol. The average molecular weight is 204 g/mol. The maximum atomic E-state index is 10.3. The van der Waals surface area contributed by atoms with E-state index in [4.69, 9.17) is 10.4 Å². The maximum Gasteiger partial charge on any atom is 0.304 e. The van der Waals surface area contributed by atoms with E-state index in [1.165, 1.54) is 0 Å². The zero-order chi connectivity index (χ0) is 11.1. The van der Waals surface area contributed by atoms with Crippen LogP contribution in [-0.2, 0) is 4.79 Å². The minimum atomic E-state index is -0.868. The first-order valence-corrected chi connectivity index (χ1v) is 4.64. The Bertz CT molecular complexity index is 357. The molecule has 0 aliphatic rings. The number of hydrogen-bond acceptors (Lipinski definition) is 3. The molecule has 0 spiro atoms. The lowest BCUT2D eigenvalue weighted by molar-refractivity contribution is -0.136. The van der Waals surface area contributed by atoms with Crippen LogP contribution in [0, 0.1) is 11.3 Å². The quantitative estimate of drug-likeness (QED) is 0.758. The first kappa shape index (κ1) is 11.2. The van der Waals surface area contributed by atoms with Crippen LogP contribution < -0.4 is 5.32 Å². The smallest absolute Gasteiger partial charge is 0.304 e. The second-order valence-corrected chi connectivity index (χ2v) is 3.07. The van der Waals surface area contributed by atoms with Crippen molar-refractivity contribution in [1.29, 1.82) is 5.26 Å². The molecule has 0 amide bonds. The van der Waals surface area contributed by atoms with Crippen molar-refractivity contribution < 1.29 is 9.90 Å². The Hall–Kier alpha value is -1.86. The molecule has 15 heavy (non-hydrogen) atoms. The summed E-state index contributed by atoms with van der Waals surface area (Å²) in [7, 11) is 0. The molecule has 0 aliphatic carbocycles. The van der Waals surface area contributed by atoms with Gasteiger partial charge in [0.1, 0.15) is 6.04 Å². The van der Waals surface area contributed by atoms with E-state index in [2.05, 4.69) is 11.4 Å². The summed E-state index contributed by atoms with van der Waals surface area (Å²) in [6, 6.07) is 10.9. The van der Waals surface area contributed by atoms with Crippen molar-refractivity contribution in [3.8, 4) is 6.07 Å². The van der Waals surface area contributed by atoms with Crippen molar-refractivity contribution in [3.63, 3.8) is 0 Å². The van der Waals surface area contributed by atoms with Gasteiger partial charge in [-0.15, -0.1) is 0 Å². The molecule has 0 heterocycles. The summed E-state index contributed by atoms with van der Waals surface area (Å²) in [5.41, 5.74) is 0.852. The molecule has 0 saturated carbocycles. The minimum absolute atomic E-state index is 0.0189. The molecule has 4 nitrogen and oxygen atoms in total. The largest absolute Gasteiger partial charge is 0.481 e. The van der Waals surface area contributed by atoms with Crippen LogP contribution in [0.15, 0.2) is 30.3 Å². The number of nitrogens with one attached hydrogen (secondary N) is 1. The molecule has 1 rings (SSSR count). The predicted molar refractivity (Wildman–Crippen MR) is 55.1 cm³/mol. The molecule has 0 aromatic heterocycles. The molecule has 4 heteroatoms. The molecular weight excluding hydrogens is 192 g/mol. The van der Waals surface area contributed by atoms with Crippen molar-refractivity contribution in [2.45, 2.75) is 12.5 Å². The van der Waals surface area contributed by atoms with Crippen LogP contribution in [0.25, 0.3) is 0 Å². The van der Waals surface area contributed by atoms with Gasteiger partial charge in [0.05, 0.1) is 12.5 Å². The number of nitrogens with zero attached hydrogens (tertiary/aromatic N) is 1. The highest BCUT2D eigenvalue weighted by molar-refractivity contribution is 5.66. The average Bonchev–Trinajstić information content (AvgIpc) is 2.25. The van der Waals surface area contributed by atoms with E-state index >= 15 is 0 Å². The Morgan fingerprint density at radius 3 is 2.67 bits per heavy atom. The summed E-state index contributed by atoms with van der Waals surface area (Å²) in [6.45, 7) is 0.294. The molecule has 0 radical (unpaired) electrons. The maximum absolute atomic E-state index is 10.3. The predicted octanol–water partition coefficient (Wildman–Crippen LogP) is 1.32. The van der Waals surface area contributed by atoms with Gasteiger partial charge in [0.15, 0.2) is 0 Å². The summed E-state index contributed by atoms with van der Waals surface area (Å²) in [5.74, 6) is -0.868. The zero-order valence-corrected chi connectivity index (χ0v) is 8.18. The van der Waals surface area contributed by atoms with Crippen LogP contribution in [0.2, 0.25) is 0 Å². The molecule has 0 saturated heterocycles. The number of hydrogen-bond donors (Lipinski definition) is 2. The lowest BCUT2D eigenvalue weighted by Crippen LogP contribution is -2.22. The van der Waals surface area contributed by atoms with Gasteiger partial charge in [0.2, 0.25) is 0 Å². The molecule has 0 bridgehead atoms. The lowest BCUT2D eigenvalue weighted by Gasteiger charge is -2.10. The van der Waals surface area contributed by atoms with E-state index in [1.807, 2.05) is 30.3 Å². The van der Waals surface area contributed by atoms with Gasteiger partial charge >= 0.3 is 5.97 Å². The van der Waals surface area contributed by atoms with E-state index in [1.54, 1.807) is 0 Å². The summed E-state index contributed by atoms with van der Waals surface area (Å²) < 4.78 is 0. The van der Waals surface area contributed by atoms with E-state index in [-0.39, 0.29) is 6.42 Å². The molecule has 0 aliphatic heterocycles. The van der Waals surface area contributed by atoms with Gasteiger partial charge in [-0.1, -0.05) is 30.3 Å². The van der Waals surface area contributed by atoms with Gasteiger partial charge in [-0.25, -0.2) is 0 Å². The lowest BCUT2D eigenvalue weighted by atomic mass is 10.1. The highest BCUT2D eigenvalue weighted by Gasteiger charge is 2.08. The van der Waals surface area contributed by atoms with Gasteiger partial charge in [0.25, 0.3) is 0 Å². The minimum Gasteiger partial charge on any atom is -0.481 e. The highest BCUT2D eigenvalue weighted by Crippen LogP contribution is 2.10. The standard InChI is InChI=1S/C11H12N2O2/c12-8-10(13-7-6-11(14)15)9-4-2-1-3-5-9/h1-5,10,13H,6-7H2,(H,14,15). The van der Waals surface area contributed by atoms with E-state index in [0.29, 0.717) is 6.54 Å². The second-order valence-electron chi connectivity index (χ2n) is 3.07. The van der Waals surface area contributed by atoms with Crippen LogP contribution in [0.5, 0.6) is 0 Å². The van der Waals surface area contributed by atoms with Crippen LogP contribution in [0.1, 0.15) is 18.0 Å². The summed E-state index contributed by atoms with van der Waals surface area (Å²) in [5, 5.41) is 20.2. The summed E-state index contributed by atoms with van der Waals surface area (Å²) in [6.07, 6.45) is 0.0189. The number of benzene rings is 1. The normalized spacial score (nSPS) is 11.7. The number of carboxylic acid groups (broad SMARTS) is 1. The van der Waals surface area contributed by atoms with Gasteiger partial charge < -0.3 is 5.11 Å². The Balaban J connectivity index is 2.51. The fourth-order valence-corrected chi connectivity index (χ4v) is 1.21. The summed E-state index contributed by atoms with van der Waals surface area (Å²) in [4.78, 5) is 10.3. The van der Waals surface area contributed by atoms with Crippen LogP contribution in [0.3, 0.4) is 0 Å². The van der Waals surface area contributed by atoms with Gasteiger partial charge in [0, 0.05) is 6.54 Å². The third kappa shape index (κ3) is 3.79. The molecule has 78 valence electrons. The van der Waals surface area contributed by atoms with Crippen LogP contribution >= 0.6 is 0 Å². The van der Waals surface area contributed by atoms with E-state index in [0.717, 1.165) is 5.56 Å². The van der Waals surface area contributed by atoms with Crippen molar-refractivity contribution in [2.24, 2.45) is 0 Å². The highest BCUT2D eigenvalue weighted by atomic mass is 16.4. The molecule has 1 aromatic rings. The topological polar surface area (TPSA) is 73.1 Å². The van der Waals surface area contributed by atoms with Crippen LogP contribution in [-0.4, -0.2) is 17.6 Å². The van der Waals surface area contributed by atoms with E-state index < -0.39 is 12.0 Å². The number of aliphatic carboxylic acids is 1. The third-order valence-corrected chi connectivity index (χ3v) is 1.95. The molecule has 1 aromatic carbocycles. The Kier molecular flexibility index (Phi) is 4.32. The third-order valence-electron chi connectivity index (χ3n) is 1.95. The van der Waals surface area contributed by atoms with Crippen LogP contribution in [0.4, 0.5) is 0 Å². The Morgan fingerprint density at radius 2 is 2.13 bits per heavy atom. The summed E-state index contributed by atoms with van der Waals surface area (Å²) >= 11 is 0.